The molecule has 76 valence electrons. The Morgan fingerprint density at radius 3 is 2.67 bits per heavy atom. The summed E-state index contributed by atoms with van der Waals surface area (Å²) in [6.45, 7) is 4.58. The van der Waals surface area contributed by atoms with Crippen LogP contribution in [0.25, 0.3) is 10.8 Å². The Labute approximate surface area is 90.9 Å². The van der Waals surface area contributed by atoms with Crippen LogP contribution >= 0.6 is 0 Å². The van der Waals surface area contributed by atoms with Gasteiger partial charge in [0.2, 0.25) is 0 Å². The van der Waals surface area contributed by atoms with E-state index in [1.807, 2.05) is 0 Å². The summed E-state index contributed by atoms with van der Waals surface area (Å²) in [5.41, 5.74) is 4.70. The molecule has 0 aromatic heterocycles. The highest BCUT2D eigenvalue weighted by molar-refractivity contribution is 5.91. The molecule has 0 saturated carbocycles. The number of aryl methyl sites for hydroxylation is 2. The van der Waals surface area contributed by atoms with Gasteiger partial charge in [-0.05, 0) is 46.2 Å². The zero-order valence-electron chi connectivity index (χ0n) is 9.38. The van der Waals surface area contributed by atoms with Crippen molar-refractivity contribution in [3.8, 4) is 0 Å². The smallest absolute Gasteiger partial charge is 0.0117 e. The molecule has 3 rings (SSSR count). The minimum atomic E-state index is 0.649. The van der Waals surface area contributed by atoms with Crippen LogP contribution in [-0.4, -0.2) is 0 Å². The van der Waals surface area contributed by atoms with Crippen molar-refractivity contribution in [2.24, 2.45) is 0 Å². The van der Waals surface area contributed by atoms with Crippen molar-refractivity contribution in [1.82, 2.24) is 0 Å². The minimum absolute atomic E-state index is 0.649. The molecule has 2 aromatic rings. The summed E-state index contributed by atoms with van der Waals surface area (Å²) in [6.07, 6.45) is 2.47. The van der Waals surface area contributed by atoms with E-state index in [-0.39, 0.29) is 0 Å². The Morgan fingerprint density at radius 1 is 1.00 bits per heavy atom. The van der Waals surface area contributed by atoms with E-state index in [0.29, 0.717) is 5.92 Å². The molecule has 0 radical (unpaired) electrons. The third-order valence-corrected chi connectivity index (χ3v) is 3.54. The van der Waals surface area contributed by atoms with Crippen molar-refractivity contribution in [3.63, 3.8) is 0 Å². The maximum Gasteiger partial charge on any atom is -0.0117 e. The lowest BCUT2D eigenvalue weighted by molar-refractivity contribution is 0.844. The van der Waals surface area contributed by atoms with E-state index in [2.05, 4.69) is 44.2 Å². The van der Waals surface area contributed by atoms with Crippen LogP contribution in [0.2, 0.25) is 0 Å². The fourth-order valence-electron chi connectivity index (χ4n) is 2.83. The molecule has 0 heteroatoms. The average molecular weight is 196 g/mol. The van der Waals surface area contributed by atoms with Gasteiger partial charge in [0.1, 0.15) is 0 Å². The molecule has 0 aliphatic heterocycles. The Kier molecular flexibility index (Phi) is 1.85. The van der Waals surface area contributed by atoms with E-state index in [9.17, 15) is 0 Å². The quantitative estimate of drug-likeness (QED) is 0.645. The van der Waals surface area contributed by atoms with Gasteiger partial charge in [-0.15, -0.1) is 0 Å². The van der Waals surface area contributed by atoms with Crippen molar-refractivity contribution in [1.29, 1.82) is 0 Å². The molecule has 0 saturated heterocycles. The first-order chi connectivity index (χ1) is 7.27. The number of rotatable bonds is 1. The molecule has 0 atom stereocenters. The molecule has 0 nitrogen and oxygen atoms in total. The van der Waals surface area contributed by atoms with Gasteiger partial charge < -0.3 is 0 Å². The fraction of sp³-hybridized carbons (Fsp3) is 0.333. The largest absolute Gasteiger partial charge is 0.0614 e. The van der Waals surface area contributed by atoms with Crippen LogP contribution in [-0.2, 0) is 12.8 Å². The molecule has 0 fully saturated rings. The lowest BCUT2D eigenvalue weighted by Crippen LogP contribution is -1.93. The van der Waals surface area contributed by atoms with E-state index >= 15 is 0 Å². The van der Waals surface area contributed by atoms with Crippen molar-refractivity contribution in [2.45, 2.75) is 32.6 Å². The Balaban J connectivity index is 2.40. The maximum absolute atomic E-state index is 2.32. The van der Waals surface area contributed by atoms with Crippen LogP contribution in [0.3, 0.4) is 0 Å². The Hall–Kier alpha value is -1.30. The molecule has 1 aliphatic rings. The average Bonchev–Trinajstić information content (AvgIpc) is 2.65. The first kappa shape index (κ1) is 8.96. The zero-order valence-corrected chi connectivity index (χ0v) is 9.38. The van der Waals surface area contributed by atoms with E-state index in [4.69, 9.17) is 0 Å². The highest BCUT2D eigenvalue weighted by Crippen LogP contribution is 2.35. The molecular weight excluding hydrogens is 180 g/mol. The summed E-state index contributed by atoms with van der Waals surface area (Å²) >= 11 is 0. The third-order valence-electron chi connectivity index (χ3n) is 3.54. The topological polar surface area (TPSA) is 0 Å². The van der Waals surface area contributed by atoms with Gasteiger partial charge >= 0.3 is 0 Å². The number of hydrogen-bond acceptors (Lipinski definition) is 0. The van der Waals surface area contributed by atoms with E-state index in [1.165, 1.54) is 18.2 Å². The molecule has 0 unspecified atom stereocenters. The third kappa shape index (κ3) is 1.21. The highest BCUT2D eigenvalue weighted by Gasteiger charge is 2.18. The van der Waals surface area contributed by atoms with Gasteiger partial charge in [0.25, 0.3) is 0 Å². The Bertz CT molecular complexity index is 521. The second kappa shape index (κ2) is 3.10. The SMILES string of the molecule is CC(C)c1ccc2cccc3c2c1CC3. The first-order valence-corrected chi connectivity index (χ1v) is 5.81. The molecule has 0 bridgehead atoms. The summed E-state index contributed by atoms with van der Waals surface area (Å²) in [5, 5.41) is 2.97. The van der Waals surface area contributed by atoms with Gasteiger partial charge in [-0.3, -0.25) is 0 Å². The van der Waals surface area contributed by atoms with Crippen LogP contribution in [0.15, 0.2) is 30.3 Å². The van der Waals surface area contributed by atoms with Gasteiger partial charge in [0.05, 0.1) is 0 Å². The summed E-state index contributed by atoms with van der Waals surface area (Å²) in [6, 6.07) is 11.3. The van der Waals surface area contributed by atoms with E-state index in [1.54, 1.807) is 22.1 Å². The van der Waals surface area contributed by atoms with E-state index < -0.39 is 0 Å². The van der Waals surface area contributed by atoms with Crippen LogP contribution in [0.4, 0.5) is 0 Å². The van der Waals surface area contributed by atoms with Gasteiger partial charge in [0.15, 0.2) is 0 Å². The summed E-state index contributed by atoms with van der Waals surface area (Å²) in [7, 11) is 0. The van der Waals surface area contributed by atoms with Crippen LogP contribution in [0.1, 0.15) is 36.5 Å². The number of hydrogen-bond donors (Lipinski definition) is 0. The van der Waals surface area contributed by atoms with Crippen LogP contribution < -0.4 is 0 Å². The fourth-order valence-corrected chi connectivity index (χ4v) is 2.83. The normalized spacial score (nSPS) is 14.1. The predicted octanol–water partition coefficient (Wildman–Crippen LogP) is 4.06. The summed E-state index contributed by atoms with van der Waals surface area (Å²) in [5.74, 6) is 0.649. The molecule has 15 heavy (non-hydrogen) atoms. The number of benzene rings is 2. The summed E-state index contributed by atoms with van der Waals surface area (Å²) < 4.78 is 0. The van der Waals surface area contributed by atoms with Crippen molar-refractivity contribution in [2.75, 3.05) is 0 Å². The maximum atomic E-state index is 2.32. The highest BCUT2D eigenvalue weighted by atomic mass is 14.2. The lowest BCUT2D eigenvalue weighted by Gasteiger charge is -2.11. The standard InChI is InChI=1S/C15H16/c1-10(2)13-8-6-11-4-3-5-12-7-9-14(13)15(11)12/h3-6,8,10H,7,9H2,1-2H3. The van der Waals surface area contributed by atoms with Crippen molar-refractivity contribution >= 4 is 10.8 Å². The molecule has 0 amide bonds. The Morgan fingerprint density at radius 2 is 1.87 bits per heavy atom. The predicted molar refractivity (Wildman–Crippen MR) is 65.4 cm³/mol. The summed E-state index contributed by atoms with van der Waals surface area (Å²) in [4.78, 5) is 0. The monoisotopic (exact) mass is 196 g/mol. The molecule has 2 aromatic carbocycles. The van der Waals surface area contributed by atoms with Crippen molar-refractivity contribution < 1.29 is 0 Å². The van der Waals surface area contributed by atoms with Crippen LogP contribution in [0, 0.1) is 0 Å². The molecule has 1 aliphatic carbocycles. The molecule has 0 spiro atoms. The zero-order chi connectivity index (χ0) is 10.4. The van der Waals surface area contributed by atoms with E-state index in [0.717, 1.165) is 0 Å². The van der Waals surface area contributed by atoms with Gasteiger partial charge in [-0.2, -0.15) is 0 Å². The second-order valence-electron chi connectivity index (χ2n) is 4.80. The second-order valence-corrected chi connectivity index (χ2v) is 4.80. The minimum Gasteiger partial charge on any atom is -0.0614 e. The molecule has 0 N–H and O–H groups in total. The van der Waals surface area contributed by atoms with Gasteiger partial charge in [-0.1, -0.05) is 44.2 Å². The lowest BCUT2D eigenvalue weighted by atomic mass is 9.93. The molecular formula is C15H16. The van der Waals surface area contributed by atoms with Crippen LogP contribution in [0.5, 0.6) is 0 Å². The van der Waals surface area contributed by atoms with Gasteiger partial charge in [-0.25, -0.2) is 0 Å². The van der Waals surface area contributed by atoms with Crippen molar-refractivity contribution in [3.05, 3.63) is 47.0 Å². The van der Waals surface area contributed by atoms with Gasteiger partial charge in [0, 0.05) is 0 Å². The molecule has 0 heterocycles. The first-order valence-electron chi connectivity index (χ1n) is 5.81.